The van der Waals surface area contributed by atoms with Crippen LogP contribution in [0, 0.1) is 0 Å². The van der Waals surface area contributed by atoms with Gasteiger partial charge < -0.3 is 20.1 Å². The van der Waals surface area contributed by atoms with Gasteiger partial charge in [0.05, 0.1) is 35.0 Å². The van der Waals surface area contributed by atoms with Crippen molar-refractivity contribution in [2.75, 3.05) is 29.4 Å². The molecule has 0 spiro atoms. The van der Waals surface area contributed by atoms with Crippen LogP contribution in [-0.4, -0.2) is 49.4 Å². The van der Waals surface area contributed by atoms with Crippen LogP contribution in [0.4, 0.5) is 27.5 Å². The van der Waals surface area contributed by atoms with Gasteiger partial charge in [-0.1, -0.05) is 120 Å². The fraction of sp³-hybridized carbons (Fsp3) is 0.452. The summed E-state index contributed by atoms with van der Waals surface area (Å²) >= 11 is 13.3. The lowest BCUT2D eigenvalue weighted by Gasteiger charge is -2.16. The van der Waals surface area contributed by atoms with E-state index in [1.54, 1.807) is 48.5 Å². The number of hydrogen-bond donors (Lipinski definition) is 3. The zero-order chi connectivity index (χ0) is 41.0. The molecule has 1 heterocycles. The fourth-order valence-corrected chi connectivity index (χ4v) is 6.81. The molecule has 0 saturated heterocycles. The topological polar surface area (TPSA) is 163 Å². The molecule has 306 valence electrons. The van der Waals surface area contributed by atoms with Gasteiger partial charge in [-0.15, -0.1) is 5.10 Å². The molecule has 1 unspecified atom stereocenters. The Morgan fingerprint density at radius 3 is 1.89 bits per heavy atom. The second-order valence-electron chi connectivity index (χ2n) is 13.8. The van der Waals surface area contributed by atoms with Crippen LogP contribution in [0.15, 0.2) is 76.0 Å². The first-order valence-corrected chi connectivity index (χ1v) is 20.4. The second-order valence-corrected chi connectivity index (χ2v) is 14.6. The van der Waals surface area contributed by atoms with Crippen LogP contribution in [0.3, 0.4) is 0 Å². The van der Waals surface area contributed by atoms with Crippen molar-refractivity contribution >= 4 is 75.6 Å². The van der Waals surface area contributed by atoms with Gasteiger partial charge in [0, 0.05) is 18.3 Å². The van der Waals surface area contributed by atoms with E-state index in [4.69, 9.17) is 32.7 Å². The number of hydrazone groups is 1. The molecule has 0 bridgehead atoms. The summed E-state index contributed by atoms with van der Waals surface area (Å²) in [6, 6.07) is 13.7. The Hall–Kier alpha value is -5.01. The van der Waals surface area contributed by atoms with Crippen molar-refractivity contribution in [2.24, 2.45) is 15.3 Å². The van der Waals surface area contributed by atoms with Crippen LogP contribution in [0.1, 0.15) is 114 Å². The number of nitrogens with one attached hydrogen (secondary N) is 3. The number of urea groups is 1. The Bertz CT molecular complexity index is 1850. The number of nitrogens with zero attached hydrogens (tertiary/aromatic N) is 4. The van der Waals surface area contributed by atoms with Crippen molar-refractivity contribution in [3.63, 3.8) is 0 Å². The molecule has 15 heteroatoms. The maximum Gasteiger partial charge on any atom is 0.338 e. The average molecular weight is 823 g/mol. The van der Waals surface area contributed by atoms with E-state index < -0.39 is 23.9 Å². The molecule has 57 heavy (non-hydrogen) atoms. The van der Waals surface area contributed by atoms with Crippen molar-refractivity contribution in [3.8, 4) is 5.75 Å². The summed E-state index contributed by atoms with van der Waals surface area (Å²) in [4.78, 5) is 51.4. The monoisotopic (exact) mass is 821 g/mol. The molecule has 0 saturated carbocycles. The first-order valence-electron chi connectivity index (χ1n) is 19.7. The molecule has 0 aromatic heterocycles. The first-order chi connectivity index (χ1) is 27.6. The van der Waals surface area contributed by atoms with Crippen LogP contribution >= 0.6 is 23.2 Å². The molecule has 0 fully saturated rings. The van der Waals surface area contributed by atoms with Gasteiger partial charge in [-0.2, -0.15) is 15.2 Å². The number of anilines is 3. The number of carbonyl (C=O) groups is 4. The molecule has 4 rings (SSSR count). The highest BCUT2D eigenvalue weighted by Crippen LogP contribution is 2.38. The van der Waals surface area contributed by atoms with Crippen molar-refractivity contribution in [1.82, 2.24) is 5.32 Å². The summed E-state index contributed by atoms with van der Waals surface area (Å²) in [6.45, 7) is 3.88. The Morgan fingerprint density at radius 1 is 0.772 bits per heavy atom. The number of azo groups is 1. The maximum absolute atomic E-state index is 13.8. The largest absolute Gasteiger partial charge is 0.497 e. The molecule has 1 atom stereocenters. The number of ether oxygens (including phenoxy) is 2. The molecule has 13 nitrogen and oxygen atoms in total. The van der Waals surface area contributed by atoms with Crippen LogP contribution in [0.2, 0.25) is 10.0 Å². The van der Waals surface area contributed by atoms with Crippen molar-refractivity contribution in [1.29, 1.82) is 0 Å². The summed E-state index contributed by atoms with van der Waals surface area (Å²) in [5, 5.41) is 21.4. The summed E-state index contributed by atoms with van der Waals surface area (Å²) in [6.07, 6.45) is 17.2. The molecule has 4 amide bonds. The standard InChI is InChI=1S/C42H53Cl2N7O6/c1-4-5-6-7-8-9-10-11-12-13-14-15-16-17-25-57-41(54)30-26-35(43)38(36(44)27-30)51-40(53)37(49-48-31-21-23-34(56-3)24-22-31)39(50-51)47-42(55)46-33-20-18-19-32(28-33)45-29(2)52/h18-24,26-28,37H,4-17,25H2,1-3H3,(H,45,52)(H2,46,47,50,55). The van der Waals surface area contributed by atoms with Crippen molar-refractivity contribution < 1.29 is 28.7 Å². The SMILES string of the molecule is CCCCCCCCCCCCCCCCOC(=O)c1cc(Cl)c(N2N=C(NC(=O)Nc3cccc(NC(C)=O)c3)C(N=Nc3ccc(OC)cc3)C2=O)c(Cl)c1. The van der Waals surface area contributed by atoms with Gasteiger partial charge in [0.15, 0.2) is 5.84 Å². The molecular weight excluding hydrogens is 769 g/mol. The van der Waals surface area contributed by atoms with Crippen LogP contribution in [-0.2, 0) is 14.3 Å². The van der Waals surface area contributed by atoms with Crippen LogP contribution < -0.4 is 25.7 Å². The van der Waals surface area contributed by atoms with Gasteiger partial charge in [0.1, 0.15) is 11.4 Å². The Balaban J connectivity index is 1.35. The highest BCUT2D eigenvalue weighted by atomic mass is 35.5. The lowest BCUT2D eigenvalue weighted by molar-refractivity contribution is -0.118. The third-order valence-corrected chi connectivity index (χ3v) is 9.72. The Morgan fingerprint density at radius 2 is 1.33 bits per heavy atom. The van der Waals surface area contributed by atoms with Gasteiger partial charge in [-0.3, -0.25) is 14.9 Å². The van der Waals surface area contributed by atoms with E-state index in [2.05, 4.69) is 38.2 Å². The molecular formula is C42H53Cl2N7O6. The number of esters is 1. The molecule has 3 N–H and O–H groups in total. The number of unbranched alkanes of at least 4 members (excludes halogenated alkanes) is 13. The number of amidine groups is 1. The quantitative estimate of drug-likeness (QED) is 0.0519. The summed E-state index contributed by atoms with van der Waals surface area (Å²) in [5.41, 5.74) is 1.34. The second kappa shape index (κ2) is 23.9. The molecule has 0 aliphatic carbocycles. The number of methoxy groups -OCH3 is 1. The van der Waals surface area contributed by atoms with E-state index in [0.717, 1.165) is 24.3 Å². The molecule has 1 aliphatic heterocycles. The zero-order valence-electron chi connectivity index (χ0n) is 33.0. The van der Waals surface area contributed by atoms with E-state index in [0.29, 0.717) is 22.8 Å². The van der Waals surface area contributed by atoms with Gasteiger partial charge in [-0.25, -0.2) is 9.59 Å². The summed E-state index contributed by atoms with van der Waals surface area (Å²) < 4.78 is 10.7. The molecule has 1 aliphatic rings. The van der Waals surface area contributed by atoms with Crippen LogP contribution in [0.5, 0.6) is 5.75 Å². The lowest BCUT2D eigenvalue weighted by Crippen LogP contribution is -2.41. The van der Waals surface area contributed by atoms with Gasteiger partial charge in [0.25, 0.3) is 5.91 Å². The van der Waals surface area contributed by atoms with Crippen molar-refractivity contribution in [3.05, 3.63) is 76.3 Å². The van der Waals surface area contributed by atoms with E-state index in [9.17, 15) is 19.2 Å². The summed E-state index contributed by atoms with van der Waals surface area (Å²) in [7, 11) is 1.53. The molecule has 0 radical (unpaired) electrons. The normalized spacial score (nSPS) is 13.8. The Labute approximate surface area is 344 Å². The van der Waals surface area contributed by atoms with E-state index in [-0.39, 0.29) is 39.6 Å². The number of amides is 4. The van der Waals surface area contributed by atoms with E-state index >= 15 is 0 Å². The predicted molar refractivity (Wildman–Crippen MR) is 226 cm³/mol. The van der Waals surface area contributed by atoms with E-state index in [1.165, 1.54) is 96.8 Å². The zero-order valence-corrected chi connectivity index (χ0v) is 34.5. The minimum Gasteiger partial charge on any atom is -0.497 e. The fourth-order valence-electron chi connectivity index (χ4n) is 6.16. The number of benzene rings is 3. The highest BCUT2D eigenvalue weighted by Gasteiger charge is 2.40. The van der Waals surface area contributed by atoms with Crippen LogP contribution in [0.25, 0.3) is 0 Å². The molecule has 3 aromatic rings. The number of halogens is 2. The maximum atomic E-state index is 13.8. The van der Waals surface area contributed by atoms with Gasteiger partial charge in [-0.05, 0) is 61.0 Å². The van der Waals surface area contributed by atoms with Crippen molar-refractivity contribution in [2.45, 2.75) is 110 Å². The minimum atomic E-state index is -1.40. The predicted octanol–water partition coefficient (Wildman–Crippen LogP) is 11.2. The third-order valence-electron chi connectivity index (χ3n) is 9.15. The van der Waals surface area contributed by atoms with Gasteiger partial charge in [0.2, 0.25) is 11.9 Å². The number of carbonyl (C=O) groups excluding carboxylic acids is 4. The van der Waals surface area contributed by atoms with Gasteiger partial charge >= 0.3 is 12.0 Å². The third kappa shape index (κ3) is 14.8. The minimum absolute atomic E-state index is 0.0169. The number of rotatable bonds is 22. The lowest BCUT2D eigenvalue weighted by atomic mass is 10.0. The first kappa shape index (κ1) is 44.7. The van der Waals surface area contributed by atoms with E-state index in [1.807, 2.05) is 0 Å². The smallest absolute Gasteiger partial charge is 0.338 e. The highest BCUT2D eigenvalue weighted by molar-refractivity contribution is 6.41. The number of hydrogen-bond acceptors (Lipinski definition) is 9. The molecule has 3 aromatic carbocycles. The Kier molecular flexibility index (Phi) is 18.8. The summed E-state index contributed by atoms with van der Waals surface area (Å²) in [5.74, 6) is -1.15. The average Bonchev–Trinajstić information content (AvgIpc) is 3.47.